The molecule has 0 heterocycles. The van der Waals surface area contributed by atoms with Crippen LogP contribution in [0.25, 0.3) is 0 Å². The summed E-state index contributed by atoms with van der Waals surface area (Å²) in [5.74, 6) is 2.60. The van der Waals surface area contributed by atoms with Gasteiger partial charge >= 0.3 is 0 Å². The molecule has 0 aliphatic carbocycles. The van der Waals surface area contributed by atoms with Gasteiger partial charge < -0.3 is 4.90 Å². The van der Waals surface area contributed by atoms with Crippen LogP contribution in [0.1, 0.15) is 0 Å². The van der Waals surface area contributed by atoms with Crippen LogP contribution in [0.4, 0.5) is 5.69 Å². The van der Waals surface area contributed by atoms with Gasteiger partial charge in [-0.2, -0.15) is 0 Å². The highest BCUT2D eigenvalue weighted by atomic mass is 79.9. The van der Waals surface area contributed by atoms with Gasteiger partial charge in [-0.1, -0.05) is 27.9 Å². The SMILES string of the molecule is C#CCN(C)c1cccc(Br)c1. The zero-order valence-corrected chi connectivity index (χ0v) is 8.51. The van der Waals surface area contributed by atoms with E-state index in [0.717, 1.165) is 10.2 Å². The molecule has 1 aromatic rings. The van der Waals surface area contributed by atoms with Crippen LogP contribution in [0.5, 0.6) is 0 Å². The maximum Gasteiger partial charge on any atom is 0.0788 e. The quantitative estimate of drug-likeness (QED) is 0.697. The standard InChI is InChI=1S/C10H10BrN/c1-3-7-12(2)10-6-4-5-9(11)8-10/h1,4-6,8H,7H2,2H3. The number of terminal acetylenes is 1. The van der Waals surface area contributed by atoms with Crippen molar-refractivity contribution in [2.24, 2.45) is 0 Å². The number of anilines is 1. The molecule has 0 fully saturated rings. The maximum atomic E-state index is 5.20. The van der Waals surface area contributed by atoms with Crippen molar-refractivity contribution in [2.45, 2.75) is 0 Å². The molecule has 0 saturated heterocycles. The van der Waals surface area contributed by atoms with Gasteiger partial charge in [0.15, 0.2) is 0 Å². The van der Waals surface area contributed by atoms with E-state index < -0.39 is 0 Å². The van der Waals surface area contributed by atoms with Crippen LogP contribution in [0, 0.1) is 12.3 Å². The monoisotopic (exact) mass is 223 g/mol. The van der Waals surface area contributed by atoms with E-state index in [2.05, 4.69) is 21.9 Å². The second kappa shape index (κ2) is 4.18. The maximum absolute atomic E-state index is 5.20. The minimum atomic E-state index is 0.635. The molecule has 1 nitrogen and oxygen atoms in total. The second-order valence-electron chi connectivity index (χ2n) is 2.54. The van der Waals surface area contributed by atoms with Crippen molar-refractivity contribution < 1.29 is 0 Å². The summed E-state index contributed by atoms with van der Waals surface area (Å²) in [6, 6.07) is 8.05. The highest BCUT2D eigenvalue weighted by Crippen LogP contribution is 2.18. The third kappa shape index (κ3) is 2.28. The molecule has 0 radical (unpaired) electrons. The molecule has 1 aromatic carbocycles. The summed E-state index contributed by atoms with van der Waals surface area (Å²) < 4.78 is 1.07. The normalized spacial score (nSPS) is 9.08. The topological polar surface area (TPSA) is 3.24 Å². The number of halogens is 1. The van der Waals surface area contributed by atoms with Crippen LogP contribution in [0.2, 0.25) is 0 Å². The van der Waals surface area contributed by atoms with E-state index in [1.807, 2.05) is 36.2 Å². The Morgan fingerprint density at radius 3 is 2.92 bits per heavy atom. The van der Waals surface area contributed by atoms with E-state index >= 15 is 0 Å². The molecular weight excluding hydrogens is 214 g/mol. The van der Waals surface area contributed by atoms with Gasteiger partial charge in [-0.05, 0) is 18.2 Å². The summed E-state index contributed by atoms with van der Waals surface area (Å²) in [7, 11) is 1.97. The molecule has 0 atom stereocenters. The number of nitrogens with zero attached hydrogens (tertiary/aromatic N) is 1. The highest BCUT2D eigenvalue weighted by molar-refractivity contribution is 9.10. The minimum Gasteiger partial charge on any atom is -0.363 e. The molecule has 0 aliphatic rings. The van der Waals surface area contributed by atoms with Crippen LogP contribution in [-0.2, 0) is 0 Å². The predicted molar refractivity (Wildman–Crippen MR) is 56.2 cm³/mol. The smallest absolute Gasteiger partial charge is 0.0788 e. The number of hydrogen-bond acceptors (Lipinski definition) is 1. The Kier molecular flexibility index (Phi) is 3.19. The molecule has 1 rings (SSSR count). The fourth-order valence-electron chi connectivity index (χ4n) is 0.942. The number of benzene rings is 1. The van der Waals surface area contributed by atoms with Gasteiger partial charge in [-0.3, -0.25) is 0 Å². The molecule has 0 aromatic heterocycles. The van der Waals surface area contributed by atoms with E-state index in [1.54, 1.807) is 0 Å². The van der Waals surface area contributed by atoms with Crippen LogP contribution in [0.15, 0.2) is 28.7 Å². The Balaban J connectivity index is 2.82. The minimum absolute atomic E-state index is 0.635. The first-order chi connectivity index (χ1) is 5.74. The van der Waals surface area contributed by atoms with Crippen molar-refractivity contribution >= 4 is 21.6 Å². The Bertz CT molecular complexity index is 301. The molecule has 0 amide bonds. The fourth-order valence-corrected chi connectivity index (χ4v) is 1.33. The summed E-state index contributed by atoms with van der Waals surface area (Å²) in [5.41, 5.74) is 1.13. The van der Waals surface area contributed by atoms with Gasteiger partial charge in [0.2, 0.25) is 0 Å². The van der Waals surface area contributed by atoms with Crippen LogP contribution in [-0.4, -0.2) is 13.6 Å². The van der Waals surface area contributed by atoms with Gasteiger partial charge in [0.05, 0.1) is 6.54 Å². The van der Waals surface area contributed by atoms with E-state index in [0.29, 0.717) is 6.54 Å². The lowest BCUT2D eigenvalue weighted by atomic mass is 10.3. The number of rotatable bonds is 2. The van der Waals surface area contributed by atoms with Crippen molar-refractivity contribution in [3.63, 3.8) is 0 Å². The van der Waals surface area contributed by atoms with Gasteiger partial charge in [0, 0.05) is 17.2 Å². The van der Waals surface area contributed by atoms with Crippen LogP contribution < -0.4 is 4.90 Å². The average Bonchev–Trinajstić information content (AvgIpc) is 2.05. The van der Waals surface area contributed by atoms with Crippen molar-refractivity contribution in [3.05, 3.63) is 28.7 Å². The van der Waals surface area contributed by atoms with E-state index in [1.165, 1.54) is 0 Å². The first-order valence-corrected chi connectivity index (χ1v) is 4.43. The van der Waals surface area contributed by atoms with Crippen molar-refractivity contribution in [3.8, 4) is 12.3 Å². The molecule has 0 N–H and O–H groups in total. The van der Waals surface area contributed by atoms with E-state index in [-0.39, 0.29) is 0 Å². The Labute approximate surface area is 81.5 Å². The molecule has 0 saturated carbocycles. The first-order valence-electron chi connectivity index (χ1n) is 3.64. The van der Waals surface area contributed by atoms with Crippen LogP contribution >= 0.6 is 15.9 Å². The zero-order chi connectivity index (χ0) is 8.97. The summed E-state index contributed by atoms with van der Waals surface area (Å²) >= 11 is 3.40. The molecule has 0 aliphatic heterocycles. The Morgan fingerprint density at radius 1 is 1.58 bits per heavy atom. The van der Waals surface area contributed by atoms with Gasteiger partial charge in [0.1, 0.15) is 0 Å². The molecule has 2 heteroatoms. The lowest BCUT2D eigenvalue weighted by Crippen LogP contribution is -2.16. The summed E-state index contributed by atoms with van der Waals surface area (Å²) in [4.78, 5) is 2.02. The molecule has 0 unspecified atom stereocenters. The Hall–Kier alpha value is -0.940. The predicted octanol–water partition coefficient (Wildman–Crippen LogP) is 2.52. The van der Waals surface area contributed by atoms with Crippen molar-refractivity contribution in [2.75, 3.05) is 18.5 Å². The molecule has 62 valence electrons. The fraction of sp³-hybridized carbons (Fsp3) is 0.200. The molecule has 0 spiro atoms. The third-order valence-corrected chi connectivity index (χ3v) is 2.07. The van der Waals surface area contributed by atoms with E-state index in [4.69, 9.17) is 6.42 Å². The number of hydrogen-bond donors (Lipinski definition) is 0. The largest absolute Gasteiger partial charge is 0.363 e. The zero-order valence-electron chi connectivity index (χ0n) is 6.92. The molecule has 0 bridgehead atoms. The summed E-state index contributed by atoms with van der Waals surface area (Å²) in [5, 5.41) is 0. The average molecular weight is 224 g/mol. The summed E-state index contributed by atoms with van der Waals surface area (Å²) in [6.07, 6.45) is 5.20. The highest BCUT2D eigenvalue weighted by Gasteiger charge is 1.97. The van der Waals surface area contributed by atoms with Crippen molar-refractivity contribution in [1.29, 1.82) is 0 Å². The van der Waals surface area contributed by atoms with Gasteiger partial charge in [0.25, 0.3) is 0 Å². The first kappa shape index (κ1) is 9.15. The lowest BCUT2D eigenvalue weighted by Gasteiger charge is -2.15. The second-order valence-corrected chi connectivity index (χ2v) is 3.46. The van der Waals surface area contributed by atoms with Gasteiger partial charge in [-0.25, -0.2) is 0 Å². The van der Waals surface area contributed by atoms with E-state index in [9.17, 15) is 0 Å². The molecule has 12 heavy (non-hydrogen) atoms. The third-order valence-electron chi connectivity index (χ3n) is 1.58. The molecular formula is C10H10BrN. The summed E-state index contributed by atoms with van der Waals surface area (Å²) in [6.45, 7) is 0.635. The van der Waals surface area contributed by atoms with Crippen LogP contribution in [0.3, 0.4) is 0 Å². The Morgan fingerprint density at radius 2 is 2.33 bits per heavy atom. The van der Waals surface area contributed by atoms with Crippen molar-refractivity contribution in [1.82, 2.24) is 0 Å². The lowest BCUT2D eigenvalue weighted by molar-refractivity contribution is 1.05. The van der Waals surface area contributed by atoms with Gasteiger partial charge in [-0.15, -0.1) is 6.42 Å².